The summed E-state index contributed by atoms with van der Waals surface area (Å²) in [7, 11) is 3.08. The van der Waals surface area contributed by atoms with Gasteiger partial charge in [-0.15, -0.1) is 0 Å². The maximum absolute atomic E-state index is 12.5. The van der Waals surface area contributed by atoms with Crippen molar-refractivity contribution in [3.05, 3.63) is 59.8 Å². The highest BCUT2D eigenvalue weighted by atomic mass is 16.5. The van der Waals surface area contributed by atoms with E-state index in [4.69, 9.17) is 9.47 Å². The molecular formula is C19H20N2O3. The summed E-state index contributed by atoms with van der Waals surface area (Å²) in [6.07, 6.45) is 2.68. The van der Waals surface area contributed by atoms with E-state index >= 15 is 0 Å². The zero-order valence-electron chi connectivity index (χ0n) is 13.8. The fraction of sp³-hybridized carbons (Fsp3) is 0.211. The predicted octanol–water partition coefficient (Wildman–Crippen LogP) is 3.16. The fourth-order valence-corrected chi connectivity index (χ4v) is 2.74. The number of fused-ring (bicyclic) bond motifs is 1. The van der Waals surface area contributed by atoms with E-state index in [2.05, 4.69) is 28.5 Å². The zero-order valence-corrected chi connectivity index (χ0v) is 13.8. The first kappa shape index (κ1) is 15.9. The molecule has 1 heterocycles. The van der Waals surface area contributed by atoms with Crippen molar-refractivity contribution in [2.24, 2.45) is 0 Å². The van der Waals surface area contributed by atoms with Crippen LogP contribution in [-0.4, -0.2) is 31.7 Å². The third kappa shape index (κ3) is 3.20. The molecule has 0 unspecified atom stereocenters. The molecule has 0 aliphatic carbocycles. The lowest BCUT2D eigenvalue weighted by Crippen LogP contribution is -2.26. The van der Waals surface area contributed by atoms with E-state index < -0.39 is 0 Å². The number of rotatable bonds is 6. The van der Waals surface area contributed by atoms with Gasteiger partial charge in [0.05, 0.1) is 14.2 Å². The van der Waals surface area contributed by atoms with E-state index in [0.717, 1.165) is 11.9 Å². The molecule has 5 nitrogen and oxygen atoms in total. The molecule has 0 bridgehead atoms. The number of carbonyl (C=O) groups is 1. The third-order valence-corrected chi connectivity index (χ3v) is 3.97. The topological polar surface area (TPSA) is 63.4 Å². The molecular weight excluding hydrogens is 304 g/mol. The van der Waals surface area contributed by atoms with Crippen LogP contribution in [0.25, 0.3) is 10.9 Å². The Bertz CT molecular complexity index is 832. The van der Waals surface area contributed by atoms with Crippen molar-refractivity contribution < 1.29 is 14.3 Å². The third-order valence-electron chi connectivity index (χ3n) is 3.97. The largest absolute Gasteiger partial charge is 0.496 e. The van der Waals surface area contributed by atoms with E-state index in [0.29, 0.717) is 23.6 Å². The van der Waals surface area contributed by atoms with Crippen LogP contribution < -0.4 is 14.8 Å². The lowest BCUT2D eigenvalue weighted by Gasteiger charge is -2.13. The van der Waals surface area contributed by atoms with E-state index in [1.807, 2.05) is 12.3 Å². The molecule has 0 spiro atoms. The lowest BCUT2D eigenvalue weighted by molar-refractivity contribution is 0.0948. The van der Waals surface area contributed by atoms with E-state index in [-0.39, 0.29) is 5.91 Å². The van der Waals surface area contributed by atoms with Crippen LogP contribution in [-0.2, 0) is 6.42 Å². The summed E-state index contributed by atoms with van der Waals surface area (Å²) < 4.78 is 10.5. The molecule has 0 fully saturated rings. The Labute approximate surface area is 140 Å². The Kier molecular flexibility index (Phi) is 4.70. The lowest BCUT2D eigenvalue weighted by atomic mass is 10.1. The molecule has 124 valence electrons. The Hall–Kier alpha value is -2.95. The number of aromatic nitrogens is 1. The van der Waals surface area contributed by atoms with E-state index in [9.17, 15) is 4.79 Å². The molecule has 0 atom stereocenters. The number of hydrogen-bond donors (Lipinski definition) is 2. The van der Waals surface area contributed by atoms with Crippen molar-refractivity contribution in [1.82, 2.24) is 10.3 Å². The molecule has 0 radical (unpaired) electrons. The van der Waals surface area contributed by atoms with E-state index in [1.54, 1.807) is 18.2 Å². The van der Waals surface area contributed by atoms with Crippen molar-refractivity contribution in [1.29, 1.82) is 0 Å². The van der Waals surface area contributed by atoms with Crippen LogP contribution in [0, 0.1) is 0 Å². The molecule has 24 heavy (non-hydrogen) atoms. The highest BCUT2D eigenvalue weighted by Crippen LogP contribution is 2.27. The molecule has 3 rings (SSSR count). The van der Waals surface area contributed by atoms with Gasteiger partial charge in [0.2, 0.25) is 0 Å². The van der Waals surface area contributed by atoms with Crippen molar-refractivity contribution in [3.63, 3.8) is 0 Å². The quantitative estimate of drug-likeness (QED) is 0.732. The second-order valence-electron chi connectivity index (χ2n) is 5.44. The van der Waals surface area contributed by atoms with Crippen LogP contribution in [0.3, 0.4) is 0 Å². The minimum atomic E-state index is -0.202. The summed E-state index contributed by atoms with van der Waals surface area (Å²) in [5, 5.41) is 4.10. The molecule has 0 aliphatic rings. The molecule has 0 saturated carbocycles. The maximum atomic E-state index is 12.5. The molecule has 3 aromatic rings. The Morgan fingerprint density at radius 3 is 2.54 bits per heavy atom. The number of hydrogen-bond acceptors (Lipinski definition) is 3. The van der Waals surface area contributed by atoms with Crippen LogP contribution in [0.15, 0.2) is 48.7 Å². The van der Waals surface area contributed by atoms with E-state index in [1.165, 1.54) is 25.2 Å². The van der Waals surface area contributed by atoms with Gasteiger partial charge < -0.3 is 19.8 Å². The summed E-state index contributed by atoms with van der Waals surface area (Å²) >= 11 is 0. The number of aromatic amines is 1. The first-order valence-electron chi connectivity index (χ1n) is 7.78. The molecule has 2 N–H and O–H groups in total. The average Bonchev–Trinajstić information content (AvgIpc) is 3.08. The average molecular weight is 324 g/mol. The molecule has 0 aliphatic heterocycles. The Morgan fingerprint density at radius 1 is 1.08 bits per heavy atom. The molecule has 2 aromatic carbocycles. The zero-order chi connectivity index (χ0) is 16.9. The molecule has 0 saturated heterocycles. The monoisotopic (exact) mass is 324 g/mol. The van der Waals surface area contributed by atoms with Crippen LogP contribution in [0.4, 0.5) is 0 Å². The minimum Gasteiger partial charge on any atom is -0.496 e. The number of H-pyrrole nitrogens is 1. The highest BCUT2D eigenvalue weighted by molar-refractivity contribution is 5.99. The number of ether oxygens (including phenoxy) is 2. The minimum absolute atomic E-state index is 0.202. The maximum Gasteiger partial charge on any atom is 0.258 e. The molecule has 1 amide bonds. The number of benzene rings is 2. The van der Waals surface area contributed by atoms with Gasteiger partial charge in [-0.2, -0.15) is 0 Å². The van der Waals surface area contributed by atoms with Gasteiger partial charge in [-0.05, 0) is 47.7 Å². The number of nitrogens with one attached hydrogen (secondary N) is 2. The van der Waals surface area contributed by atoms with Gasteiger partial charge in [0.15, 0.2) is 0 Å². The van der Waals surface area contributed by atoms with Gasteiger partial charge >= 0.3 is 0 Å². The summed E-state index contributed by atoms with van der Waals surface area (Å²) in [4.78, 5) is 15.7. The van der Waals surface area contributed by atoms with Crippen molar-refractivity contribution in [3.8, 4) is 11.5 Å². The Morgan fingerprint density at radius 2 is 1.83 bits per heavy atom. The second kappa shape index (κ2) is 7.08. The number of amides is 1. The normalized spacial score (nSPS) is 10.6. The standard InChI is InChI=1S/C19H20N2O3/c1-23-16-4-3-5-17(24-2)18(16)19(22)21-10-8-13-6-7-15-14(12-13)9-11-20-15/h3-7,9,11-12,20H,8,10H2,1-2H3,(H,21,22). The van der Waals surface area contributed by atoms with Gasteiger partial charge in [0.1, 0.15) is 17.1 Å². The number of carbonyl (C=O) groups excluding carboxylic acids is 1. The Balaban J connectivity index is 1.67. The summed E-state index contributed by atoms with van der Waals surface area (Å²) in [6.45, 7) is 0.538. The van der Waals surface area contributed by atoms with Gasteiger partial charge in [-0.1, -0.05) is 12.1 Å². The molecule has 1 aromatic heterocycles. The molecule has 5 heteroatoms. The first-order chi connectivity index (χ1) is 11.7. The van der Waals surface area contributed by atoms with Crippen molar-refractivity contribution in [2.75, 3.05) is 20.8 Å². The summed E-state index contributed by atoms with van der Waals surface area (Å²) in [6, 6.07) is 13.6. The van der Waals surface area contributed by atoms with Gasteiger partial charge in [-0.25, -0.2) is 0 Å². The fourth-order valence-electron chi connectivity index (χ4n) is 2.74. The van der Waals surface area contributed by atoms with Gasteiger partial charge in [0.25, 0.3) is 5.91 Å². The van der Waals surface area contributed by atoms with Crippen LogP contribution in [0.1, 0.15) is 15.9 Å². The predicted molar refractivity (Wildman–Crippen MR) is 93.9 cm³/mol. The highest BCUT2D eigenvalue weighted by Gasteiger charge is 2.17. The van der Waals surface area contributed by atoms with Crippen LogP contribution >= 0.6 is 0 Å². The SMILES string of the molecule is COc1cccc(OC)c1C(=O)NCCc1ccc2[nH]ccc2c1. The number of methoxy groups -OCH3 is 2. The van der Waals surface area contributed by atoms with Crippen LogP contribution in [0.5, 0.6) is 11.5 Å². The second-order valence-corrected chi connectivity index (χ2v) is 5.44. The van der Waals surface area contributed by atoms with Crippen molar-refractivity contribution in [2.45, 2.75) is 6.42 Å². The van der Waals surface area contributed by atoms with Gasteiger partial charge in [0, 0.05) is 18.3 Å². The van der Waals surface area contributed by atoms with Crippen LogP contribution in [0.2, 0.25) is 0 Å². The van der Waals surface area contributed by atoms with Crippen molar-refractivity contribution >= 4 is 16.8 Å². The van der Waals surface area contributed by atoms with Gasteiger partial charge in [-0.3, -0.25) is 4.79 Å². The summed E-state index contributed by atoms with van der Waals surface area (Å²) in [5.74, 6) is 0.799. The first-order valence-corrected chi connectivity index (χ1v) is 7.78. The summed E-state index contributed by atoms with van der Waals surface area (Å²) in [5.41, 5.74) is 2.71. The smallest absolute Gasteiger partial charge is 0.258 e.